The van der Waals surface area contributed by atoms with E-state index in [2.05, 4.69) is 21.2 Å². The van der Waals surface area contributed by atoms with Gasteiger partial charge < -0.3 is 5.32 Å². The normalized spacial score (nSPS) is 10.3. The van der Waals surface area contributed by atoms with Crippen molar-refractivity contribution in [1.29, 1.82) is 0 Å². The number of amides is 1. The molecule has 98 valence electrons. The summed E-state index contributed by atoms with van der Waals surface area (Å²) < 4.78 is 13.4. The van der Waals surface area contributed by atoms with Gasteiger partial charge in [-0.25, -0.2) is 4.39 Å². The molecule has 0 aliphatic rings. The Morgan fingerprint density at radius 1 is 1.21 bits per heavy atom. The summed E-state index contributed by atoms with van der Waals surface area (Å²) in [6.45, 7) is 1.66. The first kappa shape index (κ1) is 13.7. The van der Waals surface area contributed by atoms with Crippen LogP contribution in [0.25, 0.3) is 0 Å². The van der Waals surface area contributed by atoms with Gasteiger partial charge in [0.2, 0.25) is 0 Å². The summed E-state index contributed by atoms with van der Waals surface area (Å²) in [5.74, 6) is -0.687. The zero-order chi connectivity index (χ0) is 13.8. The number of benzene rings is 2. The lowest BCUT2D eigenvalue weighted by Crippen LogP contribution is -2.12. The lowest BCUT2D eigenvalue weighted by Gasteiger charge is -2.06. The monoisotopic (exact) mass is 321 g/mol. The van der Waals surface area contributed by atoms with Crippen LogP contribution in [0.1, 0.15) is 21.5 Å². The van der Waals surface area contributed by atoms with Crippen molar-refractivity contribution in [2.24, 2.45) is 0 Å². The van der Waals surface area contributed by atoms with Crippen LogP contribution in [-0.4, -0.2) is 5.91 Å². The molecule has 0 fully saturated rings. The summed E-state index contributed by atoms with van der Waals surface area (Å²) in [6, 6.07) is 11.9. The van der Waals surface area contributed by atoms with Gasteiger partial charge in [-0.2, -0.15) is 0 Å². The van der Waals surface area contributed by atoms with Gasteiger partial charge in [0, 0.05) is 16.6 Å². The summed E-state index contributed by atoms with van der Waals surface area (Å²) in [7, 11) is 0. The number of rotatable bonds is 3. The van der Waals surface area contributed by atoms with Crippen LogP contribution in [0.4, 0.5) is 10.1 Å². The molecule has 1 amide bonds. The lowest BCUT2D eigenvalue weighted by atomic mass is 10.1. The molecule has 0 aliphatic carbocycles. The van der Waals surface area contributed by atoms with Gasteiger partial charge in [-0.3, -0.25) is 4.79 Å². The van der Waals surface area contributed by atoms with E-state index in [1.54, 1.807) is 19.1 Å². The molecule has 2 aromatic carbocycles. The minimum Gasteiger partial charge on any atom is -0.322 e. The van der Waals surface area contributed by atoms with Crippen molar-refractivity contribution in [3.8, 4) is 0 Å². The summed E-state index contributed by atoms with van der Waals surface area (Å²) in [6.07, 6.45) is 0. The number of hydrogen-bond donors (Lipinski definition) is 1. The molecule has 0 radical (unpaired) electrons. The average Bonchev–Trinajstić information content (AvgIpc) is 2.42. The lowest BCUT2D eigenvalue weighted by molar-refractivity contribution is 0.102. The van der Waals surface area contributed by atoms with E-state index >= 15 is 0 Å². The van der Waals surface area contributed by atoms with Crippen molar-refractivity contribution < 1.29 is 9.18 Å². The molecule has 2 nitrogen and oxygen atoms in total. The van der Waals surface area contributed by atoms with Crippen molar-refractivity contribution in [2.45, 2.75) is 12.3 Å². The number of anilines is 1. The van der Waals surface area contributed by atoms with Crippen molar-refractivity contribution in [3.63, 3.8) is 0 Å². The molecule has 1 N–H and O–H groups in total. The zero-order valence-electron chi connectivity index (χ0n) is 10.4. The topological polar surface area (TPSA) is 29.1 Å². The van der Waals surface area contributed by atoms with Crippen LogP contribution < -0.4 is 5.32 Å². The summed E-state index contributed by atoms with van der Waals surface area (Å²) in [4.78, 5) is 11.9. The molecule has 0 aliphatic heterocycles. The number of carbonyl (C=O) groups is 1. The van der Waals surface area contributed by atoms with E-state index < -0.39 is 0 Å². The van der Waals surface area contributed by atoms with Gasteiger partial charge in [0.1, 0.15) is 5.82 Å². The van der Waals surface area contributed by atoms with Crippen LogP contribution in [0, 0.1) is 12.7 Å². The molecule has 0 saturated carbocycles. The number of alkyl halides is 1. The molecule has 0 bridgehead atoms. The molecular formula is C15H13BrFNO. The highest BCUT2D eigenvalue weighted by Crippen LogP contribution is 2.14. The maximum Gasteiger partial charge on any atom is 0.255 e. The minimum atomic E-state index is -0.373. The smallest absolute Gasteiger partial charge is 0.255 e. The predicted octanol–water partition coefficient (Wildman–Crippen LogP) is 4.28. The highest BCUT2D eigenvalue weighted by atomic mass is 79.9. The third kappa shape index (κ3) is 3.41. The second kappa shape index (κ2) is 5.97. The van der Waals surface area contributed by atoms with Crippen LogP contribution in [0.15, 0.2) is 42.5 Å². The first-order chi connectivity index (χ1) is 9.10. The van der Waals surface area contributed by atoms with Crippen molar-refractivity contribution in [1.82, 2.24) is 0 Å². The second-order valence-electron chi connectivity index (χ2n) is 4.25. The number of aryl methyl sites for hydroxylation is 1. The Kier molecular flexibility index (Phi) is 4.32. The Hall–Kier alpha value is -1.68. The van der Waals surface area contributed by atoms with Gasteiger partial charge in [-0.05, 0) is 42.3 Å². The third-order valence-corrected chi connectivity index (χ3v) is 3.45. The Morgan fingerprint density at radius 2 is 1.89 bits per heavy atom. The molecule has 2 rings (SSSR count). The van der Waals surface area contributed by atoms with E-state index in [0.717, 1.165) is 10.9 Å². The molecule has 0 saturated heterocycles. The molecule has 2 aromatic rings. The van der Waals surface area contributed by atoms with Crippen LogP contribution in [0.2, 0.25) is 0 Å². The molecule has 4 heteroatoms. The molecular weight excluding hydrogens is 309 g/mol. The second-order valence-corrected chi connectivity index (χ2v) is 4.81. The fourth-order valence-corrected chi connectivity index (χ4v) is 1.99. The standard InChI is InChI=1S/C15H13BrFNO/c1-10-2-5-12(8-14(10)17)15(19)18-13-6-3-11(9-16)4-7-13/h2-8H,9H2,1H3,(H,18,19). The summed E-state index contributed by atoms with van der Waals surface area (Å²) in [5, 5.41) is 3.50. The van der Waals surface area contributed by atoms with Gasteiger partial charge in [0.05, 0.1) is 0 Å². The fraction of sp³-hybridized carbons (Fsp3) is 0.133. The van der Waals surface area contributed by atoms with Crippen molar-refractivity contribution >= 4 is 27.5 Å². The Balaban J connectivity index is 2.13. The van der Waals surface area contributed by atoms with E-state index in [9.17, 15) is 9.18 Å². The van der Waals surface area contributed by atoms with E-state index in [1.807, 2.05) is 24.3 Å². The van der Waals surface area contributed by atoms with E-state index in [-0.39, 0.29) is 11.7 Å². The third-order valence-electron chi connectivity index (χ3n) is 2.80. The number of hydrogen-bond acceptors (Lipinski definition) is 1. The molecule has 0 atom stereocenters. The van der Waals surface area contributed by atoms with Crippen LogP contribution in [0.3, 0.4) is 0 Å². The van der Waals surface area contributed by atoms with E-state index in [1.165, 1.54) is 6.07 Å². The quantitative estimate of drug-likeness (QED) is 0.840. The van der Waals surface area contributed by atoms with Crippen LogP contribution in [-0.2, 0) is 5.33 Å². The number of nitrogens with one attached hydrogen (secondary N) is 1. The average molecular weight is 322 g/mol. The van der Waals surface area contributed by atoms with Crippen molar-refractivity contribution in [2.75, 3.05) is 5.32 Å². The minimum absolute atomic E-state index is 0.313. The SMILES string of the molecule is Cc1ccc(C(=O)Nc2ccc(CBr)cc2)cc1F. The van der Waals surface area contributed by atoms with Gasteiger partial charge in [-0.15, -0.1) is 0 Å². The molecule has 0 unspecified atom stereocenters. The van der Waals surface area contributed by atoms with Gasteiger partial charge in [0.15, 0.2) is 0 Å². The molecule has 0 aromatic heterocycles. The highest BCUT2D eigenvalue weighted by molar-refractivity contribution is 9.08. The largest absolute Gasteiger partial charge is 0.322 e. The zero-order valence-corrected chi connectivity index (χ0v) is 12.0. The van der Waals surface area contributed by atoms with E-state index in [0.29, 0.717) is 16.8 Å². The molecule has 19 heavy (non-hydrogen) atoms. The highest BCUT2D eigenvalue weighted by Gasteiger charge is 2.08. The van der Waals surface area contributed by atoms with Gasteiger partial charge in [0.25, 0.3) is 5.91 Å². The van der Waals surface area contributed by atoms with E-state index in [4.69, 9.17) is 0 Å². The Bertz CT molecular complexity index is 596. The number of halogens is 2. The maximum atomic E-state index is 13.4. The first-order valence-electron chi connectivity index (χ1n) is 5.82. The fourth-order valence-electron chi connectivity index (χ4n) is 1.61. The van der Waals surface area contributed by atoms with Gasteiger partial charge in [-0.1, -0.05) is 34.1 Å². The Labute approximate surface area is 119 Å². The van der Waals surface area contributed by atoms with Crippen LogP contribution in [0.5, 0.6) is 0 Å². The summed E-state index contributed by atoms with van der Waals surface area (Å²) >= 11 is 3.36. The Morgan fingerprint density at radius 3 is 2.47 bits per heavy atom. The van der Waals surface area contributed by atoms with Gasteiger partial charge >= 0.3 is 0 Å². The molecule has 0 spiro atoms. The molecule has 0 heterocycles. The number of carbonyl (C=O) groups excluding carboxylic acids is 1. The van der Waals surface area contributed by atoms with Crippen LogP contribution >= 0.6 is 15.9 Å². The summed E-state index contributed by atoms with van der Waals surface area (Å²) in [5.41, 5.74) is 2.65. The first-order valence-corrected chi connectivity index (χ1v) is 6.94. The van der Waals surface area contributed by atoms with Crippen molar-refractivity contribution in [3.05, 3.63) is 65.0 Å². The predicted molar refractivity (Wildman–Crippen MR) is 78.2 cm³/mol. The maximum absolute atomic E-state index is 13.4.